The molecule has 0 aromatic rings. The number of hydrogen-bond donors (Lipinski definition) is 2. The number of hydrogen-bond acceptors (Lipinski definition) is 3. The average molecular weight is 244 g/mol. The lowest BCUT2D eigenvalue weighted by molar-refractivity contribution is -0.121. The summed E-state index contributed by atoms with van der Waals surface area (Å²) >= 11 is 4.75. The second-order valence-electron chi connectivity index (χ2n) is 4.09. The molecule has 0 aliphatic carbocycles. The van der Waals surface area contributed by atoms with Crippen molar-refractivity contribution >= 4 is 23.1 Å². The van der Waals surface area contributed by atoms with Crippen molar-refractivity contribution in [2.45, 2.75) is 44.6 Å². The molecular formula is C11H20N2O2S. The molecule has 1 rings (SSSR count). The van der Waals surface area contributed by atoms with Crippen LogP contribution in [-0.2, 0) is 9.53 Å². The van der Waals surface area contributed by atoms with Crippen LogP contribution in [0.5, 0.6) is 0 Å². The summed E-state index contributed by atoms with van der Waals surface area (Å²) < 4.78 is 5.45. The van der Waals surface area contributed by atoms with Crippen LogP contribution in [0.3, 0.4) is 0 Å². The summed E-state index contributed by atoms with van der Waals surface area (Å²) in [6, 6.07) is 0. The normalized spacial score (nSPS) is 19.6. The van der Waals surface area contributed by atoms with Gasteiger partial charge < -0.3 is 15.8 Å². The van der Waals surface area contributed by atoms with E-state index in [2.05, 4.69) is 5.32 Å². The molecule has 1 unspecified atom stereocenters. The van der Waals surface area contributed by atoms with E-state index in [0.717, 1.165) is 32.3 Å². The molecule has 16 heavy (non-hydrogen) atoms. The number of nitrogens with one attached hydrogen (secondary N) is 1. The van der Waals surface area contributed by atoms with Crippen LogP contribution in [0.4, 0.5) is 0 Å². The van der Waals surface area contributed by atoms with Gasteiger partial charge in [-0.2, -0.15) is 0 Å². The smallest absolute Gasteiger partial charge is 0.220 e. The number of carbonyl (C=O) groups is 1. The van der Waals surface area contributed by atoms with Crippen molar-refractivity contribution < 1.29 is 9.53 Å². The molecule has 92 valence electrons. The molecule has 4 nitrogen and oxygen atoms in total. The maximum Gasteiger partial charge on any atom is 0.220 e. The Labute approximate surface area is 102 Å². The van der Waals surface area contributed by atoms with Crippen molar-refractivity contribution in [1.82, 2.24) is 5.32 Å². The van der Waals surface area contributed by atoms with Gasteiger partial charge in [0, 0.05) is 19.6 Å². The zero-order valence-electron chi connectivity index (χ0n) is 9.54. The fraction of sp³-hybridized carbons (Fsp3) is 0.818. The molecule has 0 spiro atoms. The summed E-state index contributed by atoms with van der Waals surface area (Å²) in [5.74, 6) is 0.0958. The van der Waals surface area contributed by atoms with Crippen LogP contribution in [0.2, 0.25) is 0 Å². The summed E-state index contributed by atoms with van der Waals surface area (Å²) in [5.41, 5.74) is 5.35. The van der Waals surface area contributed by atoms with E-state index >= 15 is 0 Å². The molecule has 1 saturated heterocycles. The molecule has 1 amide bonds. The van der Waals surface area contributed by atoms with E-state index in [9.17, 15) is 4.79 Å². The molecule has 0 aromatic carbocycles. The summed E-state index contributed by atoms with van der Waals surface area (Å²) in [4.78, 5) is 11.9. The van der Waals surface area contributed by atoms with Crippen LogP contribution in [0, 0.1) is 0 Å². The molecule has 0 saturated carbocycles. The third kappa shape index (κ3) is 6.02. The molecule has 3 N–H and O–H groups in total. The Bertz CT molecular complexity index is 240. The first-order chi connectivity index (χ1) is 7.68. The van der Waals surface area contributed by atoms with E-state index in [1.807, 2.05) is 0 Å². The minimum absolute atomic E-state index is 0.0958. The Morgan fingerprint density at radius 2 is 2.31 bits per heavy atom. The van der Waals surface area contributed by atoms with Gasteiger partial charge in [-0.05, 0) is 32.1 Å². The highest BCUT2D eigenvalue weighted by Crippen LogP contribution is 2.16. The Morgan fingerprint density at radius 3 is 2.94 bits per heavy atom. The van der Waals surface area contributed by atoms with E-state index in [-0.39, 0.29) is 5.91 Å². The number of ether oxygens (including phenoxy) is 1. The van der Waals surface area contributed by atoms with Crippen molar-refractivity contribution in [1.29, 1.82) is 0 Å². The van der Waals surface area contributed by atoms with E-state index in [4.69, 9.17) is 22.7 Å². The number of thiocarbonyl (C=S) groups is 1. The molecule has 0 aromatic heterocycles. The van der Waals surface area contributed by atoms with Gasteiger partial charge in [-0.15, -0.1) is 0 Å². The maximum absolute atomic E-state index is 11.4. The van der Waals surface area contributed by atoms with Crippen molar-refractivity contribution in [3.63, 3.8) is 0 Å². The predicted molar refractivity (Wildman–Crippen MR) is 67.2 cm³/mol. The fourth-order valence-electron chi connectivity index (χ4n) is 1.74. The van der Waals surface area contributed by atoms with Gasteiger partial charge in [0.25, 0.3) is 0 Å². The van der Waals surface area contributed by atoms with Crippen LogP contribution < -0.4 is 11.1 Å². The highest BCUT2D eigenvalue weighted by atomic mass is 32.1. The van der Waals surface area contributed by atoms with E-state index in [1.165, 1.54) is 0 Å². The molecule has 0 bridgehead atoms. The van der Waals surface area contributed by atoms with Crippen molar-refractivity contribution in [2.75, 3.05) is 13.2 Å². The van der Waals surface area contributed by atoms with Crippen molar-refractivity contribution in [3.05, 3.63) is 0 Å². The average Bonchev–Trinajstić information content (AvgIpc) is 2.74. The van der Waals surface area contributed by atoms with Gasteiger partial charge in [-0.3, -0.25) is 4.79 Å². The largest absolute Gasteiger partial charge is 0.393 e. The molecular weight excluding hydrogens is 224 g/mol. The third-order valence-corrected chi connectivity index (χ3v) is 2.84. The van der Waals surface area contributed by atoms with Gasteiger partial charge in [0.05, 0.1) is 11.1 Å². The Morgan fingerprint density at radius 1 is 1.50 bits per heavy atom. The monoisotopic (exact) mass is 244 g/mol. The Hall–Kier alpha value is -0.680. The van der Waals surface area contributed by atoms with Gasteiger partial charge in [0.1, 0.15) is 0 Å². The zero-order valence-corrected chi connectivity index (χ0v) is 10.4. The number of nitrogens with two attached hydrogens (primary N) is 1. The van der Waals surface area contributed by atoms with Crippen molar-refractivity contribution in [2.24, 2.45) is 5.73 Å². The molecule has 5 heteroatoms. The van der Waals surface area contributed by atoms with Crippen molar-refractivity contribution in [3.8, 4) is 0 Å². The van der Waals surface area contributed by atoms with Gasteiger partial charge in [0.2, 0.25) is 5.91 Å². The second-order valence-corrected chi connectivity index (χ2v) is 4.62. The molecule has 1 aliphatic heterocycles. The minimum atomic E-state index is 0.0958. The van der Waals surface area contributed by atoms with Gasteiger partial charge >= 0.3 is 0 Å². The minimum Gasteiger partial charge on any atom is -0.393 e. The lowest BCUT2D eigenvalue weighted by Crippen LogP contribution is -2.26. The molecule has 0 radical (unpaired) electrons. The first kappa shape index (κ1) is 13.4. The van der Waals surface area contributed by atoms with E-state index in [1.54, 1.807) is 0 Å². The third-order valence-electron chi connectivity index (χ3n) is 2.64. The highest BCUT2D eigenvalue weighted by molar-refractivity contribution is 7.80. The molecule has 1 heterocycles. The highest BCUT2D eigenvalue weighted by Gasteiger charge is 2.16. The summed E-state index contributed by atoms with van der Waals surface area (Å²) in [6.45, 7) is 1.50. The fourth-order valence-corrected chi connectivity index (χ4v) is 1.89. The maximum atomic E-state index is 11.4. The summed E-state index contributed by atoms with van der Waals surface area (Å²) in [6.07, 6.45) is 5.42. The van der Waals surface area contributed by atoms with Crippen LogP contribution in [0.1, 0.15) is 38.5 Å². The lowest BCUT2D eigenvalue weighted by Gasteiger charge is -2.09. The quantitative estimate of drug-likeness (QED) is 0.520. The SMILES string of the molecule is NC(=S)CCCNC(=O)CCC1CCCO1. The second kappa shape index (κ2) is 7.57. The molecule has 1 atom stereocenters. The van der Waals surface area contributed by atoms with Gasteiger partial charge in [-0.1, -0.05) is 12.2 Å². The predicted octanol–water partition coefficient (Wildman–Crippen LogP) is 1.13. The number of amides is 1. The lowest BCUT2D eigenvalue weighted by atomic mass is 10.1. The summed E-state index contributed by atoms with van der Waals surface area (Å²) in [7, 11) is 0. The van der Waals surface area contributed by atoms with E-state index in [0.29, 0.717) is 30.5 Å². The topological polar surface area (TPSA) is 64.3 Å². The van der Waals surface area contributed by atoms with Crippen LogP contribution in [0.15, 0.2) is 0 Å². The first-order valence-electron chi connectivity index (χ1n) is 5.85. The zero-order chi connectivity index (χ0) is 11.8. The number of carbonyl (C=O) groups excluding carboxylic acids is 1. The first-order valence-corrected chi connectivity index (χ1v) is 6.26. The Balaban J connectivity index is 1.95. The Kier molecular flexibility index (Phi) is 6.33. The van der Waals surface area contributed by atoms with E-state index < -0.39 is 0 Å². The van der Waals surface area contributed by atoms with Gasteiger partial charge in [0.15, 0.2) is 0 Å². The van der Waals surface area contributed by atoms with Crippen LogP contribution in [-0.4, -0.2) is 30.2 Å². The van der Waals surface area contributed by atoms with Crippen LogP contribution in [0.25, 0.3) is 0 Å². The van der Waals surface area contributed by atoms with Crippen LogP contribution >= 0.6 is 12.2 Å². The van der Waals surface area contributed by atoms with Gasteiger partial charge in [-0.25, -0.2) is 0 Å². The molecule has 1 fully saturated rings. The number of rotatable bonds is 7. The standard InChI is InChI=1S/C11H20N2O2S/c12-10(16)4-1-7-13-11(14)6-5-9-3-2-8-15-9/h9H,1-8H2,(H2,12,16)(H,13,14). The summed E-state index contributed by atoms with van der Waals surface area (Å²) in [5, 5.41) is 2.85. The molecule has 1 aliphatic rings.